The Morgan fingerprint density at radius 1 is 1.04 bits per heavy atom. The molecule has 2 aromatic rings. The Kier molecular flexibility index (Phi) is 7.35. The molecule has 0 aliphatic carbocycles. The van der Waals surface area contributed by atoms with E-state index in [0.717, 1.165) is 11.3 Å². The summed E-state index contributed by atoms with van der Waals surface area (Å²) in [6.45, 7) is 4.70. The predicted molar refractivity (Wildman–Crippen MR) is 111 cm³/mol. The standard InChI is InChI=1S/C18H24N4.HI/c1-13-6-9-16(10-7-13)21-18(19)20-12-15-8-5-14(2)11-17(15)22(3)4;/h5-11H,12H2,1-4H3,(H3,19,20,21);1H. The molecule has 0 aliphatic rings. The Morgan fingerprint density at radius 3 is 2.26 bits per heavy atom. The summed E-state index contributed by atoms with van der Waals surface area (Å²) in [4.78, 5) is 6.54. The summed E-state index contributed by atoms with van der Waals surface area (Å²) in [5, 5.41) is 3.11. The largest absolute Gasteiger partial charge is 0.377 e. The molecule has 0 fully saturated rings. The van der Waals surface area contributed by atoms with Crippen LogP contribution in [0.3, 0.4) is 0 Å². The lowest BCUT2D eigenvalue weighted by molar-refractivity contribution is 1.02. The van der Waals surface area contributed by atoms with Crippen molar-refractivity contribution < 1.29 is 0 Å². The van der Waals surface area contributed by atoms with Gasteiger partial charge in [0.25, 0.3) is 0 Å². The molecule has 23 heavy (non-hydrogen) atoms. The molecule has 0 atom stereocenters. The molecule has 2 aromatic carbocycles. The van der Waals surface area contributed by atoms with Crippen LogP contribution in [-0.4, -0.2) is 20.1 Å². The van der Waals surface area contributed by atoms with E-state index >= 15 is 0 Å². The molecule has 0 saturated carbocycles. The molecule has 0 radical (unpaired) electrons. The van der Waals surface area contributed by atoms with Crippen LogP contribution in [0.25, 0.3) is 0 Å². The number of guanidine groups is 1. The first-order valence-corrected chi connectivity index (χ1v) is 7.36. The lowest BCUT2D eigenvalue weighted by Crippen LogP contribution is -2.22. The number of benzene rings is 2. The molecular formula is C18H25IN4. The van der Waals surface area contributed by atoms with Crippen molar-refractivity contribution in [2.24, 2.45) is 10.7 Å². The van der Waals surface area contributed by atoms with Gasteiger partial charge in [-0.2, -0.15) is 0 Å². The summed E-state index contributed by atoms with van der Waals surface area (Å²) < 4.78 is 0. The third-order valence-corrected chi connectivity index (χ3v) is 3.47. The van der Waals surface area contributed by atoms with Crippen LogP contribution in [0.5, 0.6) is 0 Å². The number of anilines is 2. The van der Waals surface area contributed by atoms with E-state index in [2.05, 4.69) is 47.3 Å². The highest BCUT2D eigenvalue weighted by Crippen LogP contribution is 2.21. The van der Waals surface area contributed by atoms with Gasteiger partial charge in [0, 0.05) is 25.5 Å². The van der Waals surface area contributed by atoms with E-state index in [1.165, 1.54) is 16.8 Å². The van der Waals surface area contributed by atoms with Gasteiger partial charge in [-0.1, -0.05) is 29.8 Å². The van der Waals surface area contributed by atoms with Crippen LogP contribution in [0, 0.1) is 13.8 Å². The molecule has 0 bridgehead atoms. The van der Waals surface area contributed by atoms with Crippen LogP contribution in [-0.2, 0) is 6.54 Å². The number of nitrogens with one attached hydrogen (secondary N) is 1. The third kappa shape index (κ3) is 5.74. The van der Waals surface area contributed by atoms with E-state index < -0.39 is 0 Å². The molecule has 0 aliphatic heterocycles. The summed E-state index contributed by atoms with van der Waals surface area (Å²) >= 11 is 0. The molecule has 5 heteroatoms. The number of aliphatic imine (C=N–C) groups is 1. The molecule has 2 rings (SSSR count). The van der Waals surface area contributed by atoms with Gasteiger partial charge in [-0.15, -0.1) is 24.0 Å². The van der Waals surface area contributed by atoms with Gasteiger partial charge in [0.15, 0.2) is 5.96 Å². The highest BCUT2D eigenvalue weighted by Gasteiger charge is 2.04. The molecule has 0 aromatic heterocycles. The third-order valence-electron chi connectivity index (χ3n) is 3.47. The van der Waals surface area contributed by atoms with E-state index in [4.69, 9.17) is 5.73 Å². The summed E-state index contributed by atoms with van der Waals surface area (Å²) in [5.41, 5.74) is 11.7. The molecule has 0 heterocycles. The smallest absolute Gasteiger partial charge is 0.193 e. The van der Waals surface area contributed by atoms with E-state index in [0.29, 0.717) is 12.5 Å². The molecule has 3 N–H and O–H groups in total. The zero-order valence-electron chi connectivity index (χ0n) is 14.1. The van der Waals surface area contributed by atoms with E-state index in [-0.39, 0.29) is 24.0 Å². The van der Waals surface area contributed by atoms with Gasteiger partial charge in [-0.05, 0) is 43.2 Å². The summed E-state index contributed by atoms with van der Waals surface area (Å²) in [6.07, 6.45) is 0. The normalized spacial score (nSPS) is 10.9. The molecule has 4 nitrogen and oxygen atoms in total. The first kappa shape index (κ1) is 19.3. The Morgan fingerprint density at radius 2 is 1.65 bits per heavy atom. The number of hydrogen-bond donors (Lipinski definition) is 2. The zero-order valence-corrected chi connectivity index (χ0v) is 16.5. The Hall–Kier alpha value is -1.76. The number of aryl methyl sites for hydroxylation is 2. The minimum Gasteiger partial charge on any atom is -0.377 e. The first-order chi connectivity index (χ1) is 10.5. The minimum atomic E-state index is 0. The van der Waals surface area contributed by atoms with Crippen LogP contribution in [0.1, 0.15) is 16.7 Å². The van der Waals surface area contributed by atoms with Gasteiger partial charge in [0.05, 0.1) is 6.54 Å². The quantitative estimate of drug-likeness (QED) is 0.445. The Balaban J connectivity index is 0.00000264. The fourth-order valence-electron chi connectivity index (χ4n) is 2.22. The highest BCUT2D eigenvalue weighted by atomic mass is 127. The number of nitrogens with two attached hydrogens (primary N) is 1. The maximum Gasteiger partial charge on any atom is 0.193 e. The topological polar surface area (TPSA) is 53.6 Å². The number of nitrogens with zero attached hydrogens (tertiary/aromatic N) is 2. The van der Waals surface area contributed by atoms with Crippen molar-refractivity contribution in [2.45, 2.75) is 20.4 Å². The summed E-state index contributed by atoms with van der Waals surface area (Å²) in [5.74, 6) is 0.425. The zero-order chi connectivity index (χ0) is 16.1. The van der Waals surface area contributed by atoms with Crippen molar-refractivity contribution in [3.63, 3.8) is 0 Å². The van der Waals surface area contributed by atoms with Crippen LogP contribution in [0.4, 0.5) is 11.4 Å². The molecule has 0 spiro atoms. The van der Waals surface area contributed by atoms with Crippen molar-refractivity contribution in [1.29, 1.82) is 0 Å². The van der Waals surface area contributed by atoms with E-state index in [1.807, 2.05) is 38.4 Å². The lowest BCUT2D eigenvalue weighted by atomic mass is 10.1. The van der Waals surface area contributed by atoms with Gasteiger partial charge < -0.3 is 16.0 Å². The van der Waals surface area contributed by atoms with Gasteiger partial charge in [-0.25, -0.2) is 4.99 Å². The lowest BCUT2D eigenvalue weighted by Gasteiger charge is -2.17. The average Bonchev–Trinajstić information content (AvgIpc) is 2.48. The van der Waals surface area contributed by atoms with Crippen molar-refractivity contribution >= 4 is 41.3 Å². The van der Waals surface area contributed by atoms with Gasteiger partial charge in [0.2, 0.25) is 0 Å². The molecule has 0 unspecified atom stereocenters. The second kappa shape index (κ2) is 8.76. The van der Waals surface area contributed by atoms with E-state index in [9.17, 15) is 0 Å². The van der Waals surface area contributed by atoms with Crippen molar-refractivity contribution in [3.05, 3.63) is 59.2 Å². The van der Waals surface area contributed by atoms with Crippen molar-refractivity contribution in [3.8, 4) is 0 Å². The van der Waals surface area contributed by atoms with Crippen LogP contribution in [0.2, 0.25) is 0 Å². The second-order valence-electron chi connectivity index (χ2n) is 5.72. The fraction of sp³-hybridized carbons (Fsp3) is 0.278. The molecule has 0 saturated heterocycles. The SMILES string of the molecule is Cc1ccc(NC(N)=NCc2ccc(C)cc2N(C)C)cc1.I. The summed E-state index contributed by atoms with van der Waals surface area (Å²) in [6, 6.07) is 14.4. The second-order valence-corrected chi connectivity index (χ2v) is 5.72. The molecule has 0 amide bonds. The number of rotatable bonds is 4. The van der Waals surface area contributed by atoms with Crippen LogP contribution in [0.15, 0.2) is 47.5 Å². The van der Waals surface area contributed by atoms with Gasteiger partial charge >= 0.3 is 0 Å². The van der Waals surface area contributed by atoms with Gasteiger partial charge in [-0.3, -0.25) is 0 Å². The molecule has 124 valence electrons. The Labute approximate surface area is 155 Å². The van der Waals surface area contributed by atoms with Gasteiger partial charge in [0.1, 0.15) is 0 Å². The Bertz CT molecular complexity index is 663. The van der Waals surface area contributed by atoms with Crippen LogP contribution < -0.4 is 16.0 Å². The summed E-state index contributed by atoms with van der Waals surface area (Å²) in [7, 11) is 4.08. The van der Waals surface area contributed by atoms with Crippen molar-refractivity contribution in [1.82, 2.24) is 0 Å². The predicted octanol–water partition coefficient (Wildman–Crippen LogP) is 3.91. The number of halogens is 1. The first-order valence-electron chi connectivity index (χ1n) is 7.36. The van der Waals surface area contributed by atoms with E-state index in [1.54, 1.807) is 0 Å². The maximum absolute atomic E-state index is 5.97. The monoisotopic (exact) mass is 424 g/mol. The van der Waals surface area contributed by atoms with Crippen LogP contribution >= 0.6 is 24.0 Å². The average molecular weight is 424 g/mol. The number of hydrogen-bond acceptors (Lipinski definition) is 2. The minimum absolute atomic E-state index is 0. The highest BCUT2D eigenvalue weighted by molar-refractivity contribution is 14.0. The fourth-order valence-corrected chi connectivity index (χ4v) is 2.22. The maximum atomic E-state index is 5.97. The molecular weight excluding hydrogens is 399 g/mol. The van der Waals surface area contributed by atoms with Crippen molar-refractivity contribution in [2.75, 3.05) is 24.3 Å².